The van der Waals surface area contributed by atoms with Crippen LogP contribution in [-0.4, -0.2) is 25.8 Å². The third-order valence-electron chi connectivity index (χ3n) is 4.61. The van der Waals surface area contributed by atoms with E-state index in [0.717, 1.165) is 0 Å². The van der Waals surface area contributed by atoms with Crippen LogP contribution < -0.4 is 19.7 Å². The van der Waals surface area contributed by atoms with Crippen molar-refractivity contribution in [1.29, 1.82) is 0 Å². The van der Waals surface area contributed by atoms with Crippen molar-refractivity contribution in [1.82, 2.24) is 0 Å². The molecule has 0 saturated heterocycles. The molecule has 0 bridgehead atoms. The highest BCUT2D eigenvalue weighted by Gasteiger charge is 2.27. The van der Waals surface area contributed by atoms with Crippen molar-refractivity contribution in [3.8, 4) is 11.5 Å². The zero-order chi connectivity index (χ0) is 26.0. The fourth-order valence-corrected chi connectivity index (χ4v) is 5.84. The van der Waals surface area contributed by atoms with Crippen molar-refractivity contribution in [3.05, 3.63) is 84.4 Å². The smallest absolute Gasteiger partial charge is 0.398 e. The Morgan fingerprint density at radius 2 is 0.944 bits per heavy atom. The molecule has 12 heteroatoms. The van der Waals surface area contributed by atoms with E-state index in [1.54, 1.807) is 13.8 Å². The van der Waals surface area contributed by atoms with Crippen LogP contribution in [0.2, 0.25) is 0 Å². The molecule has 0 radical (unpaired) electrons. The van der Waals surface area contributed by atoms with Crippen molar-refractivity contribution < 1.29 is 36.0 Å². The zero-order valence-corrected chi connectivity index (χ0v) is 21.6. The van der Waals surface area contributed by atoms with E-state index in [9.17, 15) is 17.9 Å². The monoisotopic (exact) mass is 540 g/mol. The van der Waals surface area contributed by atoms with Crippen LogP contribution in [0.15, 0.2) is 72.8 Å². The van der Waals surface area contributed by atoms with Crippen molar-refractivity contribution in [2.24, 2.45) is 0 Å². The van der Waals surface area contributed by atoms with Crippen molar-refractivity contribution in [3.63, 3.8) is 0 Å². The number of rotatable bonds is 14. The fraction of sp³-hybridized carbons (Fsp3) is 0.250. The van der Waals surface area contributed by atoms with Crippen molar-refractivity contribution in [2.45, 2.75) is 13.8 Å². The molecule has 3 aromatic carbocycles. The minimum absolute atomic E-state index is 0.140. The van der Waals surface area contributed by atoms with E-state index in [2.05, 4.69) is 10.6 Å². The molecule has 36 heavy (non-hydrogen) atoms. The second-order valence-corrected chi connectivity index (χ2v) is 11.4. The SMILES string of the molecule is CCOP(=O)(CNc1ccc(F)cc1)Oc1ccc(OP(=O)(CNc2ccc(F)cc2)OCC)cc1. The first-order valence-electron chi connectivity index (χ1n) is 11.2. The molecule has 0 aliphatic rings. The van der Waals surface area contributed by atoms with Crippen LogP contribution in [0, 0.1) is 11.6 Å². The summed E-state index contributed by atoms with van der Waals surface area (Å²) in [7, 11) is -7.19. The maximum Gasteiger partial charge on any atom is 0.398 e. The van der Waals surface area contributed by atoms with E-state index in [-0.39, 0.29) is 48.9 Å². The number of benzene rings is 3. The highest BCUT2D eigenvalue weighted by atomic mass is 31.2. The Bertz CT molecular complexity index is 1100. The molecule has 8 nitrogen and oxygen atoms in total. The first-order valence-corrected chi connectivity index (χ1v) is 14.6. The summed E-state index contributed by atoms with van der Waals surface area (Å²) in [4.78, 5) is 0. The summed E-state index contributed by atoms with van der Waals surface area (Å²) in [6, 6.07) is 17.2. The molecule has 0 heterocycles. The van der Waals surface area contributed by atoms with E-state index >= 15 is 0 Å². The molecule has 0 fully saturated rings. The summed E-state index contributed by atoms with van der Waals surface area (Å²) < 4.78 is 74.5. The predicted molar refractivity (Wildman–Crippen MR) is 136 cm³/mol. The van der Waals surface area contributed by atoms with Gasteiger partial charge < -0.3 is 19.7 Å². The van der Waals surface area contributed by atoms with Gasteiger partial charge in [0, 0.05) is 11.4 Å². The Hall–Kier alpha value is -2.90. The number of hydrogen-bond acceptors (Lipinski definition) is 8. The van der Waals surface area contributed by atoms with Gasteiger partial charge in [0.05, 0.1) is 13.2 Å². The molecule has 3 aromatic rings. The standard InChI is InChI=1S/C24H28F2N2O6P2/c1-3-31-35(29,17-27-21-9-5-19(25)6-10-21)33-23-13-15-24(16-14-23)34-36(30,32-4-2)18-28-22-11-7-20(26)8-12-22/h5-16,27-28H,3-4,17-18H2,1-2H3. The summed E-state index contributed by atoms with van der Waals surface area (Å²) in [5.41, 5.74) is 1.12. The molecule has 3 rings (SSSR count). The van der Waals surface area contributed by atoms with Crippen LogP contribution >= 0.6 is 15.2 Å². The molecule has 0 aromatic heterocycles. The van der Waals surface area contributed by atoms with E-state index in [0.29, 0.717) is 11.4 Å². The van der Waals surface area contributed by atoms with Crippen LogP contribution in [0.3, 0.4) is 0 Å². The molecule has 194 valence electrons. The Balaban J connectivity index is 1.63. The maximum atomic E-state index is 13.2. The molecular weight excluding hydrogens is 512 g/mol. The van der Waals surface area contributed by atoms with Gasteiger partial charge in [0.1, 0.15) is 35.7 Å². The predicted octanol–water partition coefficient (Wildman–Crippen LogP) is 7.32. The summed E-state index contributed by atoms with van der Waals surface area (Å²) in [6.07, 6.45) is -0.279. The number of halogens is 2. The molecule has 0 amide bonds. The number of nitrogens with one attached hydrogen (secondary N) is 2. The van der Waals surface area contributed by atoms with Gasteiger partial charge in [-0.25, -0.2) is 17.9 Å². The second kappa shape index (κ2) is 12.9. The topological polar surface area (TPSA) is 95.1 Å². The average Bonchev–Trinajstić information content (AvgIpc) is 2.85. The fourth-order valence-electron chi connectivity index (χ4n) is 3.00. The summed E-state index contributed by atoms with van der Waals surface area (Å²) >= 11 is 0. The Morgan fingerprint density at radius 3 is 1.25 bits per heavy atom. The zero-order valence-electron chi connectivity index (χ0n) is 19.9. The number of anilines is 2. The second-order valence-electron chi connectivity index (χ2n) is 7.39. The van der Waals surface area contributed by atoms with Gasteiger partial charge in [-0.05, 0) is 86.6 Å². The lowest BCUT2D eigenvalue weighted by molar-refractivity contribution is 0.278. The van der Waals surface area contributed by atoms with E-state index < -0.39 is 15.2 Å². The van der Waals surface area contributed by atoms with Gasteiger partial charge in [-0.3, -0.25) is 9.05 Å². The molecule has 2 N–H and O–H groups in total. The van der Waals surface area contributed by atoms with Crippen molar-refractivity contribution >= 4 is 26.6 Å². The summed E-state index contributed by atoms with van der Waals surface area (Å²) in [5, 5.41) is 5.84. The summed E-state index contributed by atoms with van der Waals surface area (Å²) in [5.74, 6) is -0.272. The van der Waals surface area contributed by atoms with Crippen LogP contribution in [0.25, 0.3) is 0 Å². The van der Waals surface area contributed by atoms with Gasteiger partial charge in [0.25, 0.3) is 0 Å². The number of hydrogen-bond donors (Lipinski definition) is 2. The maximum absolute atomic E-state index is 13.2. The first kappa shape index (κ1) is 27.7. The van der Waals surface area contributed by atoms with Crippen LogP contribution in [-0.2, 0) is 18.2 Å². The van der Waals surface area contributed by atoms with Gasteiger partial charge in [-0.1, -0.05) is 0 Å². The van der Waals surface area contributed by atoms with Gasteiger partial charge in [-0.2, -0.15) is 0 Å². The molecule has 0 saturated carbocycles. The molecule has 2 unspecified atom stereocenters. The first-order chi connectivity index (χ1) is 17.2. The minimum Gasteiger partial charge on any atom is -0.423 e. The lowest BCUT2D eigenvalue weighted by Gasteiger charge is -2.21. The third kappa shape index (κ3) is 8.64. The van der Waals surface area contributed by atoms with Gasteiger partial charge in [-0.15, -0.1) is 0 Å². The summed E-state index contributed by atoms with van der Waals surface area (Å²) in [6.45, 7) is 3.69. The normalized spacial score (nSPS) is 14.3. The van der Waals surface area contributed by atoms with Crippen LogP contribution in [0.1, 0.15) is 13.8 Å². The van der Waals surface area contributed by atoms with Gasteiger partial charge in [0.15, 0.2) is 0 Å². The molecule has 2 atom stereocenters. The largest absolute Gasteiger partial charge is 0.423 e. The van der Waals surface area contributed by atoms with Crippen LogP contribution in [0.5, 0.6) is 11.5 Å². The Labute approximate surface area is 209 Å². The Kier molecular flexibility index (Phi) is 9.90. The molecular formula is C24H28F2N2O6P2. The molecule has 0 aliphatic heterocycles. The quantitative estimate of drug-likeness (QED) is 0.205. The molecule has 0 spiro atoms. The lowest BCUT2D eigenvalue weighted by Crippen LogP contribution is -2.10. The minimum atomic E-state index is -3.60. The van der Waals surface area contributed by atoms with E-state index in [1.807, 2.05) is 0 Å². The van der Waals surface area contributed by atoms with E-state index in [4.69, 9.17) is 18.1 Å². The molecule has 0 aliphatic carbocycles. The van der Waals surface area contributed by atoms with E-state index in [1.165, 1.54) is 72.8 Å². The van der Waals surface area contributed by atoms with Crippen LogP contribution in [0.4, 0.5) is 20.2 Å². The van der Waals surface area contributed by atoms with Gasteiger partial charge in [0.2, 0.25) is 0 Å². The Morgan fingerprint density at radius 1 is 0.611 bits per heavy atom. The highest BCUT2D eigenvalue weighted by molar-refractivity contribution is 7.54. The van der Waals surface area contributed by atoms with Crippen molar-refractivity contribution in [2.75, 3.05) is 36.4 Å². The third-order valence-corrected chi connectivity index (χ3v) is 7.98. The van der Waals surface area contributed by atoms with Gasteiger partial charge >= 0.3 is 15.2 Å². The average molecular weight is 540 g/mol. The lowest BCUT2D eigenvalue weighted by atomic mass is 10.3. The highest BCUT2D eigenvalue weighted by Crippen LogP contribution is 2.50.